The fourth-order valence-electron chi connectivity index (χ4n) is 2.64. The van der Waals surface area contributed by atoms with E-state index in [2.05, 4.69) is 21.4 Å². The van der Waals surface area contributed by atoms with Crippen LogP contribution in [0.4, 0.5) is 0 Å². The molecule has 0 amide bonds. The van der Waals surface area contributed by atoms with E-state index in [0.29, 0.717) is 6.54 Å². The predicted octanol–water partition coefficient (Wildman–Crippen LogP) is 3.51. The molecule has 26 heavy (non-hydrogen) atoms. The highest BCUT2D eigenvalue weighted by Crippen LogP contribution is 2.33. The van der Waals surface area contributed by atoms with Gasteiger partial charge in [-0.1, -0.05) is 17.9 Å². The van der Waals surface area contributed by atoms with Gasteiger partial charge in [0.1, 0.15) is 11.4 Å². The van der Waals surface area contributed by atoms with Gasteiger partial charge in [-0.15, -0.1) is 11.3 Å². The van der Waals surface area contributed by atoms with E-state index in [9.17, 15) is 5.11 Å². The molecule has 132 valence electrons. The Labute approximate surface area is 155 Å². The Bertz CT molecular complexity index is 1000. The number of aliphatic hydroxyl groups is 1. The van der Waals surface area contributed by atoms with Crippen LogP contribution < -0.4 is 9.47 Å². The molecule has 2 aromatic heterocycles. The summed E-state index contributed by atoms with van der Waals surface area (Å²) in [6, 6.07) is 9.94. The molecule has 0 radical (unpaired) electrons. The number of rotatable bonds is 3. The number of hydrogen-bond acceptors (Lipinski definition) is 5. The zero-order valence-electron chi connectivity index (χ0n) is 14.5. The van der Waals surface area contributed by atoms with Crippen molar-refractivity contribution in [1.29, 1.82) is 0 Å². The van der Waals surface area contributed by atoms with Gasteiger partial charge in [0, 0.05) is 18.9 Å². The molecule has 6 heteroatoms. The predicted molar refractivity (Wildman–Crippen MR) is 100 cm³/mol. The summed E-state index contributed by atoms with van der Waals surface area (Å²) in [5, 5.41) is 9.74. The third-order valence-electron chi connectivity index (χ3n) is 3.82. The Morgan fingerprint density at radius 3 is 2.92 bits per heavy atom. The van der Waals surface area contributed by atoms with E-state index < -0.39 is 5.60 Å². The van der Waals surface area contributed by atoms with Crippen LogP contribution in [0.25, 0.3) is 10.7 Å². The lowest BCUT2D eigenvalue weighted by molar-refractivity contribution is 0.143. The number of nitrogens with zero attached hydrogens (tertiary/aromatic N) is 2. The highest BCUT2D eigenvalue weighted by molar-refractivity contribution is 7.15. The smallest absolute Gasteiger partial charge is 0.231 e. The van der Waals surface area contributed by atoms with Crippen molar-refractivity contribution in [2.45, 2.75) is 26.0 Å². The van der Waals surface area contributed by atoms with Crippen LogP contribution in [-0.4, -0.2) is 27.1 Å². The molecular formula is C20H18N2O3S. The van der Waals surface area contributed by atoms with E-state index in [4.69, 9.17) is 9.47 Å². The van der Waals surface area contributed by atoms with Crippen LogP contribution >= 0.6 is 11.3 Å². The number of imidazole rings is 1. The van der Waals surface area contributed by atoms with Crippen LogP contribution in [0.2, 0.25) is 0 Å². The van der Waals surface area contributed by atoms with Gasteiger partial charge in [-0.2, -0.15) is 0 Å². The lowest BCUT2D eigenvalue weighted by atomic mass is 10.1. The van der Waals surface area contributed by atoms with Crippen LogP contribution in [0.1, 0.15) is 24.3 Å². The summed E-state index contributed by atoms with van der Waals surface area (Å²) in [5.41, 5.74) is 0.120. The molecule has 5 nitrogen and oxygen atoms in total. The van der Waals surface area contributed by atoms with E-state index in [0.717, 1.165) is 32.6 Å². The second-order valence-corrected chi connectivity index (χ2v) is 7.62. The molecule has 1 N–H and O–H groups in total. The zero-order chi connectivity index (χ0) is 18.1. The molecule has 1 aromatic carbocycles. The number of benzene rings is 1. The molecule has 0 spiro atoms. The molecule has 0 aliphatic carbocycles. The summed E-state index contributed by atoms with van der Waals surface area (Å²) < 4.78 is 12.9. The lowest BCUT2D eigenvalue weighted by Crippen LogP contribution is -2.14. The molecule has 4 rings (SSSR count). The third-order valence-corrected chi connectivity index (χ3v) is 4.82. The molecular weight excluding hydrogens is 348 g/mol. The Morgan fingerprint density at radius 2 is 2.08 bits per heavy atom. The Balaban J connectivity index is 1.57. The summed E-state index contributed by atoms with van der Waals surface area (Å²) in [5.74, 6) is 8.31. The molecule has 0 saturated heterocycles. The second-order valence-electron chi connectivity index (χ2n) is 6.54. The molecule has 1 aliphatic rings. The normalized spacial score (nSPS) is 12.7. The topological polar surface area (TPSA) is 56.5 Å². The third kappa shape index (κ3) is 3.59. The fourth-order valence-corrected chi connectivity index (χ4v) is 3.51. The molecule has 3 aromatic rings. The number of hydrogen-bond donors (Lipinski definition) is 1. The van der Waals surface area contributed by atoms with Crippen LogP contribution in [0.15, 0.2) is 42.7 Å². The molecule has 0 bridgehead atoms. The average Bonchev–Trinajstić information content (AvgIpc) is 3.32. The van der Waals surface area contributed by atoms with Gasteiger partial charge in [-0.25, -0.2) is 4.98 Å². The highest BCUT2D eigenvalue weighted by atomic mass is 32.1. The molecule has 0 unspecified atom stereocenters. The fraction of sp³-hybridized carbons (Fsp3) is 0.250. The minimum absolute atomic E-state index is 0.277. The van der Waals surface area contributed by atoms with E-state index in [1.807, 2.05) is 36.5 Å². The van der Waals surface area contributed by atoms with Crippen LogP contribution in [0.3, 0.4) is 0 Å². The average molecular weight is 366 g/mol. The number of thiophene rings is 1. The first-order chi connectivity index (χ1) is 12.5. The van der Waals surface area contributed by atoms with E-state index in [1.165, 1.54) is 0 Å². The van der Waals surface area contributed by atoms with Gasteiger partial charge in [0.2, 0.25) is 6.79 Å². The van der Waals surface area contributed by atoms with E-state index >= 15 is 0 Å². The maximum Gasteiger partial charge on any atom is 0.231 e. The van der Waals surface area contributed by atoms with Gasteiger partial charge < -0.3 is 19.1 Å². The van der Waals surface area contributed by atoms with Crippen molar-refractivity contribution in [3.63, 3.8) is 0 Å². The minimum atomic E-state index is -0.998. The van der Waals surface area contributed by atoms with Gasteiger partial charge in [0.05, 0.1) is 9.75 Å². The Morgan fingerprint density at radius 1 is 1.23 bits per heavy atom. The van der Waals surface area contributed by atoms with Gasteiger partial charge in [0.25, 0.3) is 0 Å². The van der Waals surface area contributed by atoms with Crippen molar-refractivity contribution < 1.29 is 14.6 Å². The van der Waals surface area contributed by atoms with Crippen LogP contribution in [-0.2, 0) is 6.54 Å². The van der Waals surface area contributed by atoms with Gasteiger partial charge in [0.15, 0.2) is 11.5 Å². The quantitative estimate of drug-likeness (QED) is 0.721. The van der Waals surface area contributed by atoms with E-state index in [-0.39, 0.29) is 6.79 Å². The van der Waals surface area contributed by atoms with Gasteiger partial charge in [-0.3, -0.25) is 0 Å². The molecule has 0 fully saturated rings. The highest BCUT2D eigenvalue weighted by Gasteiger charge is 2.15. The zero-order valence-corrected chi connectivity index (χ0v) is 15.3. The molecule has 3 heterocycles. The van der Waals surface area contributed by atoms with Crippen molar-refractivity contribution >= 4 is 11.3 Å². The SMILES string of the molecule is CC(C)(O)C#Cc1ccc(-c2nccn2Cc2ccc3c(c2)OCO3)s1. The first-order valence-corrected chi connectivity index (χ1v) is 9.05. The Hall–Kier alpha value is -2.75. The van der Waals surface area contributed by atoms with Crippen molar-refractivity contribution in [1.82, 2.24) is 9.55 Å². The summed E-state index contributed by atoms with van der Waals surface area (Å²) in [6.07, 6.45) is 3.76. The second kappa shape index (κ2) is 6.52. The lowest BCUT2D eigenvalue weighted by Gasteiger charge is -2.07. The summed E-state index contributed by atoms with van der Waals surface area (Å²) in [4.78, 5) is 6.44. The largest absolute Gasteiger partial charge is 0.454 e. The van der Waals surface area contributed by atoms with Gasteiger partial charge >= 0.3 is 0 Å². The first kappa shape index (κ1) is 16.7. The standard InChI is InChI=1S/C20H18N2O3S/c1-20(2,23)8-7-15-4-6-18(26-15)19-21-9-10-22(19)12-14-3-5-16-17(11-14)25-13-24-16/h3-6,9-11,23H,12-13H2,1-2H3. The van der Waals surface area contributed by atoms with Crippen molar-refractivity contribution in [3.05, 3.63) is 53.2 Å². The van der Waals surface area contributed by atoms with Gasteiger partial charge in [-0.05, 0) is 43.7 Å². The Kier molecular flexibility index (Phi) is 4.19. The number of fused-ring (bicyclic) bond motifs is 1. The summed E-state index contributed by atoms with van der Waals surface area (Å²) in [6.45, 7) is 4.31. The van der Waals surface area contributed by atoms with Crippen LogP contribution in [0.5, 0.6) is 11.5 Å². The number of ether oxygens (including phenoxy) is 2. The number of aromatic nitrogens is 2. The maximum absolute atomic E-state index is 9.74. The summed E-state index contributed by atoms with van der Waals surface area (Å²) >= 11 is 1.56. The van der Waals surface area contributed by atoms with Crippen molar-refractivity contribution in [2.75, 3.05) is 6.79 Å². The molecule has 1 aliphatic heterocycles. The molecule has 0 atom stereocenters. The maximum atomic E-state index is 9.74. The molecule has 0 saturated carbocycles. The monoisotopic (exact) mass is 366 g/mol. The van der Waals surface area contributed by atoms with Crippen molar-refractivity contribution in [3.8, 4) is 34.0 Å². The first-order valence-electron chi connectivity index (χ1n) is 8.23. The van der Waals surface area contributed by atoms with Crippen molar-refractivity contribution in [2.24, 2.45) is 0 Å². The summed E-state index contributed by atoms with van der Waals surface area (Å²) in [7, 11) is 0. The van der Waals surface area contributed by atoms with E-state index in [1.54, 1.807) is 31.4 Å². The minimum Gasteiger partial charge on any atom is -0.454 e. The van der Waals surface area contributed by atoms with Crippen LogP contribution in [0, 0.1) is 11.8 Å².